The number of ether oxygens (including phenoxy) is 1. The predicted octanol–water partition coefficient (Wildman–Crippen LogP) is 4.96. The molecule has 2 aliphatic rings. The van der Waals surface area contributed by atoms with Crippen LogP contribution in [0, 0.1) is 5.92 Å². The van der Waals surface area contributed by atoms with Crippen molar-refractivity contribution < 1.29 is 14.3 Å². The lowest BCUT2D eigenvalue weighted by molar-refractivity contribution is -0.143. The molecule has 1 saturated carbocycles. The fraction of sp³-hybridized carbons (Fsp3) is 0.357. The Kier molecular flexibility index (Phi) is 5.90. The van der Waals surface area contributed by atoms with Crippen molar-refractivity contribution in [3.05, 3.63) is 78.1 Å². The Morgan fingerprint density at radius 3 is 2.32 bits per heavy atom. The molecule has 2 aromatic carbocycles. The van der Waals surface area contributed by atoms with Gasteiger partial charge in [0.05, 0.1) is 24.2 Å². The molecule has 176 valence electrons. The molecule has 0 bridgehead atoms. The summed E-state index contributed by atoms with van der Waals surface area (Å²) < 4.78 is 7.50. The molecule has 1 unspecified atom stereocenters. The molecule has 6 heteroatoms. The van der Waals surface area contributed by atoms with E-state index < -0.39 is 0 Å². The summed E-state index contributed by atoms with van der Waals surface area (Å²) in [5.74, 6) is 0.843. The second-order valence-corrected chi connectivity index (χ2v) is 9.42. The van der Waals surface area contributed by atoms with E-state index in [-0.39, 0.29) is 36.4 Å². The summed E-state index contributed by atoms with van der Waals surface area (Å²) >= 11 is 0. The normalized spacial score (nSPS) is 17.1. The predicted molar refractivity (Wildman–Crippen MR) is 132 cm³/mol. The number of methoxy groups -OCH3 is 1. The maximum Gasteiger partial charge on any atom is 0.247 e. The number of benzene rings is 2. The SMILES string of the molecule is COc1ccc(C2c3cccn3-c3ccccc3N2C(=O)CN(C(=O)C2CCC2)C(C)C)cc1. The van der Waals surface area contributed by atoms with Gasteiger partial charge in [-0.3, -0.25) is 14.5 Å². The zero-order chi connectivity index (χ0) is 23.8. The Balaban J connectivity index is 1.57. The highest BCUT2D eigenvalue weighted by Crippen LogP contribution is 2.42. The molecule has 0 N–H and O–H groups in total. The highest BCUT2D eigenvalue weighted by molar-refractivity contribution is 6.00. The summed E-state index contributed by atoms with van der Waals surface area (Å²) in [6.45, 7) is 4.04. The molecule has 1 aromatic heterocycles. The van der Waals surface area contributed by atoms with Crippen LogP contribution in [0.3, 0.4) is 0 Å². The average Bonchev–Trinajstić information content (AvgIpc) is 3.30. The van der Waals surface area contributed by atoms with Gasteiger partial charge in [-0.25, -0.2) is 0 Å². The molecule has 0 saturated heterocycles. The Morgan fingerprint density at radius 1 is 1.00 bits per heavy atom. The summed E-state index contributed by atoms with van der Waals surface area (Å²) in [4.78, 5) is 30.8. The number of anilines is 1. The Labute approximate surface area is 200 Å². The van der Waals surface area contributed by atoms with Crippen molar-refractivity contribution in [3.8, 4) is 11.4 Å². The molecule has 5 rings (SSSR count). The van der Waals surface area contributed by atoms with Crippen LogP contribution in [0.4, 0.5) is 5.69 Å². The molecule has 6 nitrogen and oxygen atoms in total. The summed E-state index contributed by atoms with van der Waals surface area (Å²) in [6.07, 6.45) is 4.97. The molecule has 2 amide bonds. The van der Waals surface area contributed by atoms with Gasteiger partial charge in [-0.05, 0) is 68.7 Å². The quantitative estimate of drug-likeness (QED) is 0.526. The lowest BCUT2D eigenvalue weighted by atomic mass is 9.84. The minimum Gasteiger partial charge on any atom is -0.497 e. The summed E-state index contributed by atoms with van der Waals surface area (Å²) in [6, 6.07) is 19.5. The van der Waals surface area contributed by atoms with Gasteiger partial charge in [0, 0.05) is 18.2 Å². The number of carbonyl (C=O) groups is 2. The standard InChI is InChI=1S/C28H31N3O3/c1-19(2)30(28(33)21-8-6-9-21)18-26(32)31-24-11-5-4-10-23(24)29-17-7-12-25(29)27(31)20-13-15-22(34-3)16-14-20/h4-5,7,10-17,19,21,27H,6,8-9,18H2,1-3H3. The van der Waals surface area contributed by atoms with Gasteiger partial charge in [0.15, 0.2) is 0 Å². The first-order chi connectivity index (χ1) is 16.5. The third kappa shape index (κ3) is 3.77. The molecular weight excluding hydrogens is 426 g/mol. The highest BCUT2D eigenvalue weighted by atomic mass is 16.5. The van der Waals surface area contributed by atoms with Crippen LogP contribution in [0.5, 0.6) is 5.75 Å². The van der Waals surface area contributed by atoms with Crippen LogP contribution in [0.2, 0.25) is 0 Å². The van der Waals surface area contributed by atoms with E-state index in [0.717, 1.165) is 47.6 Å². The summed E-state index contributed by atoms with van der Waals surface area (Å²) in [5.41, 5.74) is 3.81. The highest BCUT2D eigenvalue weighted by Gasteiger charge is 2.38. The van der Waals surface area contributed by atoms with Crippen LogP contribution in [0.25, 0.3) is 5.69 Å². The summed E-state index contributed by atoms with van der Waals surface area (Å²) in [7, 11) is 1.65. The van der Waals surface area contributed by atoms with E-state index in [1.807, 2.05) is 79.5 Å². The van der Waals surface area contributed by atoms with E-state index in [0.29, 0.717) is 0 Å². The zero-order valence-corrected chi connectivity index (χ0v) is 20.0. The van der Waals surface area contributed by atoms with E-state index in [1.165, 1.54) is 0 Å². The van der Waals surface area contributed by atoms with E-state index in [4.69, 9.17) is 4.74 Å². The van der Waals surface area contributed by atoms with Crippen molar-refractivity contribution in [3.63, 3.8) is 0 Å². The monoisotopic (exact) mass is 457 g/mol. The molecule has 1 aliphatic heterocycles. The number of hydrogen-bond donors (Lipinski definition) is 0. The van der Waals surface area contributed by atoms with Crippen LogP contribution in [0.1, 0.15) is 50.4 Å². The van der Waals surface area contributed by atoms with Gasteiger partial charge in [-0.1, -0.05) is 30.7 Å². The maximum absolute atomic E-state index is 14.0. The van der Waals surface area contributed by atoms with Crippen molar-refractivity contribution >= 4 is 17.5 Å². The molecule has 0 spiro atoms. The van der Waals surface area contributed by atoms with E-state index >= 15 is 0 Å². The lowest BCUT2D eigenvalue weighted by Gasteiger charge is -2.40. The van der Waals surface area contributed by atoms with Crippen LogP contribution < -0.4 is 9.64 Å². The lowest BCUT2D eigenvalue weighted by Crippen LogP contribution is -2.50. The van der Waals surface area contributed by atoms with E-state index in [1.54, 1.807) is 12.0 Å². The molecule has 2 heterocycles. The van der Waals surface area contributed by atoms with Gasteiger partial charge >= 0.3 is 0 Å². The largest absolute Gasteiger partial charge is 0.497 e. The molecule has 3 aromatic rings. The molecule has 1 aliphatic carbocycles. The topological polar surface area (TPSA) is 54.8 Å². The van der Waals surface area contributed by atoms with Crippen molar-refractivity contribution in [2.75, 3.05) is 18.6 Å². The maximum atomic E-state index is 14.0. The first-order valence-corrected chi connectivity index (χ1v) is 12.0. The van der Waals surface area contributed by atoms with Crippen molar-refractivity contribution in [1.29, 1.82) is 0 Å². The zero-order valence-electron chi connectivity index (χ0n) is 20.0. The van der Waals surface area contributed by atoms with Crippen molar-refractivity contribution in [1.82, 2.24) is 9.47 Å². The third-order valence-electron chi connectivity index (χ3n) is 7.09. The molecule has 1 atom stereocenters. The number of amides is 2. The van der Waals surface area contributed by atoms with Crippen LogP contribution in [0.15, 0.2) is 66.9 Å². The molecule has 1 fully saturated rings. The van der Waals surface area contributed by atoms with Crippen LogP contribution >= 0.6 is 0 Å². The van der Waals surface area contributed by atoms with Gasteiger partial charge in [0.2, 0.25) is 11.8 Å². The number of hydrogen-bond acceptors (Lipinski definition) is 3. The molecule has 34 heavy (non-hydrogen) atoms. The van der Waals surface area contributed by atoms with Gasteiger partial charge in [-0.2, -0.15) is 0 Å². The van der Waals surface area contributed by atoms with Crippen LogP contribution in [-0.4, -0.2) is 41.0 Å². The number of rotatable bonds is 6. The Morgan fingerprint density at radius 2 is 1.71 bits per heavy atom. The van der Waals surface area contributed by atoms with Gasteiger partial charge in [0.25, 0.3) is 0 Å². The fourth-order valence-electron chi connectivity index (χ4n) is 4.99. The Hall–Kier alpha value is -3.54. The number of fused-ring (bicyclic) bond motifs is 3. The minimum absolute atomic E-state index is 0.0413. The number of aromatic nitrogens is 1. The van der Waals surface area contributed by atoms with Crippen LogP contribution in [-0.2, 0) is 9.59 Å². The fourth-order valence-corrected chi connectivity index (χ4v) is 4.99. The summed E-state index contributed by atoms with van der Waals surface area (Å²) in [5, 5.41) is 0. The Bertz CT molecular complexity index is 1190. The van der Waals surface area contributed by atoms with E-state index in [9.17, 15) is 9.59 Å². The second-order valence-electron chi connectivity index (χ2n) is 9.42. The van der Waals surface area contributed by atoms with E-state index in [2.05, 4.69) is 10.6 Å². The third-order valence-corrected chi connectivity index (χ3v) is 7.09. The first-order valence-electron chi connectivity index (χ1n) is 12.0. The minimum atomic E-state index is -0.309. The first kappa shape index (κ1) is 22.3. The number of para-hydroxylation sites is 2. The van der Waals surface area contributed by atoms with Crippen molar-refractivity contribution in [2.45, 2.75) is 45.2 Å². The molecule has 0 radical (unpaired) electrons. The average molecular weight is 458 g/mol. The number of nitrogens with zero attached hydrogens (tertiary/aromatic N) is 3. The van der Waals surface area contributed by atoms with Gasteiger partial charge in [0.1, 0.15) is 18.3 Å². The van der Waals surface area contributed by atoms with Gasteiger partial charge in [-0.15, -0.1) is 0 Å². The smallest absolute Gasteiger partial charge is 0.247 e. The molecular formula is C28H31N3O3. The van der Waals surface area contributed by atoms with Gasteiger partial charge < -0.3 is 14.2 Å². The number of carbonyl (C=O) groups excluding carboxylic acids is 2. The van der Waals surface area contributed by atoms with Crippen molar-refractivity contribution in [2.24, 2.45) is 5.92 Å². The second kappa shape index (κ2) is 9.01.